The fourth-order valence-corrected chi connectivity index (χ4v) is 3.30. The quantitative estimate of drug-likeness (QED) is 0.723. The fraction of sp³-hybridized carbons (Fsp3) is 0.368. The maximum Gasteiger partial charge on any atom is 0.272 e. The molecule has 1 amide bonds. The minimum Gasteiger partial charge on any atom is -0.339 e. The first-order valence-corrected chi connectivity index (χ1v) is 8.91. The Morgan fingerprint density at radius 2 is 1.92 bits per heavy atom. The van der Waals surface area contributed by atoms with Crippen molar-refractivity contribution in [3.05, 3.63) is 53.8 Å². The Labute approximate surface area is 150 Å². The molecular weight excluding hydrogens is 330 g/mol. The van der Waals surface area contributed by atoms with E-state index in [0.29, 0.717) is 30.6 Å². The highest BCUT2D eigenvalue weighted by molar-refractivity contribution is 5.94. The molecule has 0 N–H and O–H groups in total. The minimum absolute atomic E-state index is 0.0136. The Morgan fingerprint density at radius 3 is 2.65 bits per heavy atom. The summed E-state index contributed by atoms with van der Waals surface area (Å²) in [5.74, 6) is 2.09. The zero-order valence-electron chi connectivity index (χ0n) is 14.5. The van der Waals surface area contributed by atoms with Gasteiger partial charge in [-0.3, -0.25) is 9.48 Å². The van der Waals surface area contributed by atoms with Crippen LogP contribution in [0.5, 0.6) is 0 Å². The Kier molecular flexibility index (Phi) is 3.41. The SMILES string of the molecule is Cn1nc(-c2ccccc2)cc1C(=O)N1CC(c2nc(C3CC3)no2)C1. The zero-order chi connectivity index (χ0) is 17.7. The van der Waals surface area contributed by atoms with E-state index in [1.54, 1.807) is 16.6 Å². The molecule has 0 atom stereocenters. The standard InChI is InChI=1S/C19H19N5O2/c1-23-16(9-15(21-23)12-5-3-2-4-6-12)19(25)24-10-14(11-24)18-20-17(22-26-18)13-7-8-13/h2-6,9,13-14H,7-8,10-11H2,1H3. The van der Waals surface area contributed by atoms with Crippen LogP contribution in [0.2, 0.25) is 0 Å². The molecule has 1 aliphatic carbocycles. The zero-order valence-corrected chi connectivity index (χ0v) is 14.5. The van der Waals surface area contributed by atoms with Crippen molar-refractivity contribution in [3.8, 4) is 11.3 Å². The summed E-state index contributed by atoms with van der Waals surface area (Å²) in [6, 6.07) is 11.7. The van der Waals surface area contributed by atoms with Gasteiger partial charge in [0.15, 0.2) is 5.82 Å². The third-order valence-electron chi connectivity index (χ3n) is 5.09. The highest BCUT2D eigenvalue weighted by atomic mass is 16.5. The van der Waals surface area contributed by atoms with Gasteiger partial charge in [-0.1, -0.05) is 35.5 Å². The molecule has 5 rings (SSSR count). The lowest BCUT2D eigenvalue weighted by Gasteiger charge is -2.36. The van der Waals surface area contributed by atoms with Gasteiger partial charge in [-0.05, 0) is 18.9 Å². The van der Waals surface area contributed by atoms with Crippen molar-refractivity contribution in [1.29, 1.82) is 0 Å². The molecule has 3 aromatic rings. The first-order chi connectivity index (χ1) is 12.7. The molecule has 2 aliphatic rings. The highest BCUT2D eigenvalue weighted by Gasteiger charge is 2.38. The molecule has 3 heterocycles. The second-order valence-corrected chi connectivity index (χ2v) is 7.08. The Balaban J connectivity index is 1.28. The molecule has 2 fully saturated rings. The molecule has 1 saturated carbocycles. The molecule has 1 aliphatic heterocycles. The summed E-state index contributed by atoms with van der Waals surface area (Å²) < 4.78 is 7.02. The smallest absolute Gasteiger partial charge is 0.272 e. The number of benzene rings is 1. The molecule has 26 heavy (non-hydrogen) atoms. The van der Waals surface area contributed by atoms with Crippen LogP contribution in [0.15, 0.2) is 40.9 Å². The minimum atomic E-state index is -0.0136. The average Bonchev–Trinajstić information content (AvgIpc) is 3.23. The van der Waals surface area contributed by atoms with Crippen molar-refractivity contribution in [2.24, 2.45) is 7.05 Å². The predicted octanol–water partition coefficient (Wildman–Crippen LogP) is 2.59. The molecule has 1 saturated heterocycles. The number of rotatable bonds is 4. The van der Waals surface area contributed by atoms with Crippen LogP contribution >= 0.6 is 0 Å². The lowest BCUT2D eigenvalue weighted by molar-refractivity contribution is 0.0558. The van der Waals surface area contributed by atoms with Crippen LogP contribution in [-0.2, 0) is 7.05 Å². The van der Waals surface area contributed by atoms with Gasteiger partial charge >= 0.3 is 0 Å². The summed E-state index contributed by atoms with van der Waals surface area (Å²) in [7, 11) is 1.80. The van der Waals surface area contributed by atoms with Gasteiger partial charge in [-0.25, -0.2) is 0 Å². The molecule has 7 nitrogen and oxygen atoms in total. The molecule has 7 heteroatoms. The van der Waals surface area contributed by atoms with Crippen molar-refractivity contribution in [2.45, 2.75) is 24.7 Å². The normalized spacial score (nSPS) is 17.3. The summed E-state index contributed by atoms with van der Waals surface area (Å²) in [6.45, 7) is 1.22. The maximum atomic E-state index is 12.8. The number of likely N-dealkylation sites (tertiary alicyclic amines) is 1. The van der Waals surface area contributed by atoms with E-state index in [1.807, 2.05) is 36.4 Å². The Hall–Kier alpha value is -2.96. The number of aryl methyl sites for hydroxylation is 1. The number of hydrogen-bond acceptors (Lipinski definition) is 5. The second kappa shape index (κ2) is 5.79. The van der Waals surface area contributed by atoms with Crippen LogP contribution < -0.4 is 0 Å². The fourth-order valence-electron chi connectivity index (χ4n) is 3.30. The number of carbonyl (C=O) groups excluding carboxylic acids is 1. The molecular formula is C19H19N5O2. The van der Waals surface area contributed by atoms with Crippen molar-refractivity contribution >= 4 is 5.91 Å². The van der Waals surface area contributed by atoms with E-state index in [1.165, 1.54) is 0 Å². The van der Waals surface area contributed by atoms with Gasteiger partial charge < -0.3 is 9.42 Å². The number of carbonyl (C=O) groups is 1. The monoisotopic (exact) mass is 349 g/mol. The number of aromatic nitrogens is 4. The van der Waals surface area contributed by atoms with Crippen molar-refractivity contribution < 1.29 is 9.32 Å². The van der Waals surface area contributed by atoms with Gasteiger partial charge in [0.05, 0.1) is 11.6 Å². The van der Waals surface area contributed by atoms with Crippen molar-refractivity contribution in [3.63, 3.8) is 0 Å². The molecule has 132 valence electrons. The molecule has 0 bridgehead atoms. The average molecular weight is 349 g/mol. The first-order valence-electron chi connectivity index (χ1n) is 8.91. The second-order valence-electron chi connectivity index (χ2n) is 7.08. The largest absolute Gasteiger partial charge is 0.339 e. The third kappa shape index (κ3) is 2.60. The van der Waals surface area contributed by atoms with E-state index < -0.39 is 0 Å². The number of nitrogens with zero attached hydrogens (tertiary/aromatic N) is 5. The van der Waals surface area contributed by atoms with E-state index in [-0.39, 0.29) is 11.8 Å². The van der Waals surface area contributed by atoms with Gasteiger partial charge in [0.2, 0.25) is 5.89 Å². The Morgan fingerprint density at radius 1 is 1.15 bits per heavy atom. The van der Waals surface area contributed by atoms with Crippen LogP contribution in [0.4, 0.5) is 0 Å². The van der Waals surface area contributed by atoms with E-state index in [0.717, 1.165) is 29.9 Å². The molecule has 0 spiro atoms. The summed E-state index contributed by atoms with van der Waals surface area (Å²) in [5.41, 5.74) is 2.40. The maximum absolute atomic E-state index is 12.8. The predicted molar refractivity (Wildman–Crippen MR) is 93.6 cm³/mol. The molecule has 0 radical (unpaired) electrons. The van der Waals surface area contributed by atoms with Crippen LogP contribution in [0.1, 0.15) is 46.9 Å². The summed E-state index contributed by atoms with van der Waals surface area (Å²) in [6.07, 6.45) is 2.30. The van der Waals surface area contributed by atoms with E-state index in [9.17, 15) is 4.79 Å². The Bertz CT molecular complexity index is 951. The van der Waals surface area contributed by atoms with E-state index in [2.05, 4.69) is 15.2 Å². The van der Waals surface area contributed by atoms with Gasteiger partial charge in [-0.2, -0.15) is 10.1 Å². The summed E-state index contributed by atoms with van der Waals surface area (Å²) in [5, 5.41) is 8.53. The lowest BCUT2D eigenvalue weighted by Crippen LogP contribution is -2.49. The van der Waals surface area contributed by atoms with Gasteiger partial charge in [0.1, 0.15) is 5.69 Å². The number of amides is 1. The summed E-state index contributed by atoms with van der Waals surface area (Å²) >= 11 is 0. The van der Waals surface area contributed by atoms with Crippen LogP contribution in [-0.4, -0.2) is 43.8 Å². The van der Waals surface area contributed by atoms with Crippen molar-refractivity contribution in [2.75, 3.05) is 13.1 Å². The van der Waals surface area contributed by atoms with E-state index in [4.69, 9.17) is 4.52 Å². The molecule has 1 aromatic carbocycles. The van der Waals surface area contributed by atoms with Crippen LogP contribution in [0, 0.1) is 0 Å². The molecule has 2 aromatic heterocycles. The summed E-state index contributed by atoms with van der Waals surface area (Å²) in [4.78, 5) is 19.1. The van der Waals surface area contributed by atoms with Gasteiger partial charge in [0, 0.05) is 31.6 Å². The van der Waals surface area contributed by atoms with E-state index >= 15 is 0 Å². The molecule has 0 unspecified atom stereocenters. The first kappa shape index (κ1) is 15.3. The third-order valence-corrected chi connectivity index (χ3v) is 5.09. The highest BCUT2D eigenvalue weighted by Crippen LogP contribution is 2.39. The van der Waals surface area contributed by atoms with Crippen LogP contribution in [0.25, 0.3) is 11.3 Å². The van der Waals surface area contributed by atoms with Crippen LogP contribution in [0.3, 0.4) is 0 Å². The van der Waals surface area contributed by atoms with Crippen molar-refractivity contribution in [1.82, 2.24) is 24.8 Å². The van der Waals surface area contributed by atoms with Gasteiger partial charge in [-0.15, -0.1) is 0 Å². The van der Waals surface area contributed by atoms with Gasteiger partial charge in [0.25, 0.3) is 5.91 Å². The topological polar surface area (TPSA) is 77.1 Å². The lowest BCUT2D eigenvalue weighted by atomic mass is 9.99. The number of hydrogen-bond donors (Lipinski definition) is 0.